The van der Waals surface area contributed by atoms with Crippen molar-refractivity contribution in [3.8, 4) is 5.75 Å². The van der Waals surface area contributed by atoms with E-state index in [2.05, 4.69) is 26.5 Å². The molecule has 0 aliphatic rings. The minimum absolute atomic E-state index is 0.0163. The number of amides is 1. The number of methoxy groups -OCH3 is 1. The van der Waals surface area contributed by atoms with Crippen molar-refractivity contribution in [3.63, 3.8) is 0 Å². The van der Waals surface area contributed by atoms with Gasteiger partial charge in [-0.1, -0.05) is 42.5 Å². The summed E-state index contributed by atoms with van der Waals surface area (Å²) in [6.45, 7) is 1.81. The summed E-state index contributed by atoms with van der Waals surface area (Å²) in [6, 6.07) is 23.5. The number of carbonyl (C=O) groups is 1. The fourth-order valence-corrected chi connectivity index (χ4v) is 5.35. The van der Waals surface area contributed by atoms with Crippen LogP contribution in [0.2, 0.25) is 0 Å². The van der Waals surface area contributed by atoms with E-state index < -0.39 is 15.9 Å². The average Bonchev–Trinajstić information content (AvgIpc) is 3.24. The van der Waals surface area contributed by atoms with Crippen LogP contribution in [0.3, 0.4) is 0 Å². The van der Waals surface area contributed by atoms with Gasteiger partial charge < -0.3 is 9.15 Å². The number of nitrogens with one attached hydrogen (secondary N) is 1. The van der Waals surface area contributed by atoms with Crippen molar-refractivity contribution in [2.45, 2.75) is 18.4 Å². The summed E-state index contributed by atoms with van der Waals surface area (Å²) >= 11 is 3.36. The van der Waals surface area contributed by atoms with Crippen LogP contribution in [0.1, 0.15) is 27.4 Å². The number of halogens is 1. The highest BCUT2D eigenvalue weighted by molar-refractivity contribution is 9.10. The molecule has 0 bridgehead atoms. The largest absolute Gasteiger partial charge is 0.497 e. The zero-order valence-corrected chi connectivity index (χ0v) is 22.5. The summed E-state index contributed by atoms with van der Waals surface area (Å²) in [6.07, 6.45) is 1.37. The molecular formula is C27H24BrN3O5S. The molecule has 3 aromatic carbocycles. The molecule has 10 heteroatoms. The number of nitrogens with zero attached hydrogens (tertiary/aromatic N) is 2. The van der Waals surface area contributed by atoms with Gasteiger partial charge in [-0.25, -0.2) is 13.8 Å². The van der Waals surface area contributed by atoms with Gasteiger partial charge in [0.05, 0.1) is 40.5 Å². The quantitative estimate of drug-likeness (QED) is 0.207. The first kappa shape index (κ1) is 26.2. The Balaban J connectivity index is 1.70. The molecule has 1 N–H and O–H groups in total. The van der Waals surface area contributed by atoms with E-state index in [-0.39, 0.29) is 22.7 Å². The first-order chi connectivity index (χ1) is 17.8. The van der Waals surface area contributed by atoms with E-state index in [1.807, 2.05) is 30.3 Å². The van der Waals surface area contributed by atoms with Crippen LogP contribution < -0.4 is 14.5 Å². The number of hydrogen-bond donors (Lipinski definition) is 1. The molecule has 0 radical (unpaired) electrons. The van der Waals surface area contributed by atoms with Gasteiger partial charge in [0.2, 0.25) is 0 Å². The summed E-state index contributed by atoms with van der Waals surface area (Å²) in [4.78, 5) is 13.2. The number of aryl methyl sites for hydroxylation is 1. The lowest BCUT2D eigenvalue weighted by Crippen LogP contribution is -2.33. The second kappa shape index (κ2) is 11.4. The molecule has 0 aliphatic heterocycles. The maximum atomic E-state index is 13.9. The lowest BCUT2D eigenvalue weighted by molar-refractivity contribution is 0.0955. The van der Waals surface area contributed by atoms with Crippen LogP contribution in [-0.2, 0) is 16.6 Å². The molecule has 0 saturated heterocycles. The smallest absolute Gasteiger partial charge is 0.273 e. The molecule has 0 aliphatic carbocycles. The van der Waals surface area contributed by atoms with Crippen molar-refractivity contribution in [1.29, 1.82) is 0 Å². The Morgan fingerprint density at radius 3 is 2.38 bits per heavy atom. The maximum absolute atomic E-state index is 13.9. The predicted octanol–water partition coefficient (Wildman–Crippen LogP) is 5.52. The Morgan fingerprint density at radius 1 is 1.05 bits per heavy atom. The highest BCUT2D eigenvalue weighted by atomic mass is 79.9. The number of anilines is 1. The molecule has 190 valence electrons. The number of rotatable bonds is 9. The lowest BCUT2D eigenvalue weighted by Gasteiger charge is -2.26. The minimum Gasteiger partial charge on any atom is -0.497 e. The van der Waals surface area contributed by atoms with E-state index in [0.29, 0.717) is 17.3 Å². The van der Waals surface area contributed by atoms with Crippen molar-refractivity contribution < 1.29 is 22.4 Å². The van der Waals surface area contributed by atoms with Crippen LogP contribution in [-0.4, -0.2) is 27.6 Å². The second-order valence-electron chi connectivity index (χ2n) is 7.94. The van der Waals surface area contributed by atoms with Crippen molar-refractivity contribution in [2.75, 3.05) is 11.4 Å². The van der Waals surface area contributed by atoms with Gasteiger partial charge in [-0.05, 0) is 64.8 Å². The molecule has 0 fully saturated rings. The standard InChI is InChI=1S/C27H24BrN3O5S/c1-19-25(28)16-22(36-19)17-29-30-27(32)24-10-6-7-11-26(24)31(18-20-8-4-3-5-9-20)37(33,34)23-14-12-21(35-2)13-15-23/h3-17H,18H2,1-2H3,(H,30,32)/b29-17-. The Kier molecular flexibility index (Phi) is 8.10. The normalized spacial score (nSPS) is 11.4. The summed E-state index contributed by atoms with van der Waals surface area (Å²) in [5.41, 5.74) is 3.57. The fourth-order valence-electron chi connectivity index (χ4n) is 3.57. The van der Waals surface area contributed by atoms with E-state index in [4.69, 9.17) is 9.15 Å². The Morgan fingerprint density at radius 2 is 1.73 bits per heavy atom. The zero-order chi connectivity index (χ0) is 26.4. The number of benzene rings is 3. The zero-order valence-electron chi connectivity index (χ0n) is 20.1. The number of ether oxygens (including phenoxy) is 1. The number of carbonyl (C=O) groups excluding carboxylic acids is 1. The number of sulfonamides is 1. The van der Waals surface area contributed by atoms with E-state index >= 15 is 0 Å². The minimum atomic E-state index is -4.06. The first-order valence-corrected chi connectivity index (χ1v) is 13.4. The van der Waals surface area contributed by atoms with Gasteiger partial charge in [-0.2, -0.15) is 5.10 Å². The van der Waals surface area contributed by atoms with Crippen molar-refractivity contribution >= 4 is 43.8 Å². The van der Waals surface area contributed by atoms with E-state index in [9.17, 15) is 13.2 Å². The second-order valence-corrected chi connectivity index (χ2v) is 10.7. The van der Waals surface area contributed by atoms with Gasteiger partial charge in [-0.3, -0.25) is 9.10 Å². The van der Waals surface area contributed by atoms with E-state index in [1.54, 1.807) is 49.4 Å². The van der Waals surface area contributed by atoms with Crippen molar-refractivity contribution in [1.82, 2.24) is 5.43 Å². The lowest BCUT2D eigenvalue weighted by atomic mass is 10.1. The van der Waals surface area contributed by atoms with Gasteiger partial charge in [0.1, 0.15) is 17.3 Å². The summed E-state index contributed by atoms with van der Waals surface area (Å²) in [5, 5.41) is 3.98. The molecular weight excluding hydrogens is 558 g/mol. The third-order valence-corrected chi connectivity index (χ3v) is 8.03. The molecule has 0 atom stereocenters. The third-order valence-electron chi connectivity index (χ3n) is 5.47. The first-order valence-electron chi connectivity index (χ1n) is 11.2. The Labute approximate surface area is 223 Å². The van der Waals surface area contributed by atoms with Crippen LogP contribution >= 0.6 is 15.9 Å². The van der Waals surface area contributed by atoms with Crippen LogP contribution in [0, 0.1) is 6.92 Å². The topological polar surface area (TPSA) is 101 Å². The average molecular weight is 582 g/mol. The molecule has 4 rings (SSSR count). The molecule has 1 heterocycles. The third kappa shape index (κ3) is 6.10. The molecule has 1 amide bonds. The van der Waals surface area contributed by atoms with Crippen LogP contribution in [0.4, 0.5) is 5.69 Å². The monoisotopic (exact) mass is 581 g/mol. The van der Waals surface area contributed by atoms with Crippen LogP contribution in [0.5, 0.6) is 5.75 Å². The van der Waals surface area contributed by atoms with Crippen LogP contribution in [0.25, 0.3) is 0 Å². The molecule has 1 aromatic heterocycles. The Hall–Kier alpha value is -3.89. The summed E-state index contributed by atoms with van der Waals surface area (Å²) in [7, 11) is -2.55. The van der Waals surface area contributed by atoms with Gasteiger partial charge >= 0.3 is 0 Å². The number of para-hydroxylation sites is 1. The summed E-state index contributed by atoms with van der Waals surface area (Å²) in [5.74, 6) is 1.09. The molecule has 0 spiro atoms. The van der Waals surface area contributed by atoms with Gasteiger partial charge in [0, 0.05) is 6.07 Å². The molecule has 37 heavy (non-hydrogen) atoms. The summed E-state index contributed by atoms with van der Waals surface area (Å²) < 4.78 is 40.4. The maximum Gasteiger partial charge on any atom is 0.273 e. The van der Waals surface area contributed by atoms with Crippen molar-refractivity contribution in [3.05, 3.63) is 112 Å². The number of hydrogen-bond acceptors (Lipinski definition) is 6. The molecule has 8 nitrogen and oxygen atoms in total. The van der Waals surface area contributed by atoms with Crippen LogP contribution in [0.15, 0.2) is 104 Å². The number of furan rings is 1. The van der Waals surface area contributed by atoms with Gasteiger partial charge in [-0.15, -0.1) is 0 Å². The van der Waals surface area contributed by atoms with E-state index in [1.165, 1.54) is 29.8 Å². The molecule has 0 saturated carbocycles. The highest BCUT2D eigenvalue weighted by Crippen LogP contribution is 2.30. The Bertz CT molecular complexity index is 1500. The molecule has 4 aromatic rings. The van der Waals surface area contributed by atoms with Gasteiger partial charge in [0.15, 0.2) is 0 Å². The fraction of sp³-hybridized carbons (Fsp3) is 0.111. The molecule has 0 unspecified atom stereocenters. The van der Waals surface area contributed by atoms with E-state index in [0.717, 1.165) is 10.0 Å². The van der Waals surface area contributed by atoms with Crippen molar-refractivity contribution in [2.24, 2.45) is 5.10 Å². The number of hydrazone groups is 1. The highest BCUT2D eigenvalue weighted by Gasteiger charge is 2.28. The SMILES string of the molecule is COc1ccc(S(=O)(=O)N(Cc2ccccc2)c2ccccc2C(=O)N/N=C\c2cc(Br)c(C)o2)cc1. The van der Waals surface area contributed by atoms with Gasteiger partial charge in [0.25, 0.3) is 15.9 Å². The predicted molar refractivity (Wildman–Crippen MR) is 145 cm³/mol.